The summed E-state index contributed by atoms with van der Waals surface area (Å²) in [5, 5.41) is 9.31. The number of anilines is 2. The maximum atomic E-state index is 13.0. The molecular formula is C26H29N5O5. The van der Waals surface area contributed by atoms with Gasteiger partial charge >= 0.3 is 5.97 Å². The summed E-state index contributed by atoms with van der Waals surface area (Å²) in [7, 11) is 0. The Balaban J connectivity index is 1.49. The van der Waals surface area contributed by atoms with Crippen LogP contribution in [0.5, 0.6) is 5.75 Å². The standard InChI is InChI=1S/C26H29N5O5/c1-14(27-12-16-9-10-20-19(11-16)29-21(32)13-35-20)23-30-18-8-6-7-17(22(18)24(33)31-23)28-15(2)25(34)36-26(3,4)5/h6-11,15,27-28H,1,12-13H2,2-5H3,(H,29,32)(H,30,31,33)/t15-/m0/s1. The van der Waals surface area contributed by atoms with Crippen LogP contribution in [0.3, 0.4) is 0 Å². The Bertz CT molecular complexity index is 1410. The maximum Gasteiger partial charge on any atom is 0.328 e. The number of carbonyl (C=O) groups excluding carboxylic acids is 2. The number of aromatic nitrogens is 2. The van der Waals surface area contributed by atoms with Gasteiger partial charge in [-0.05, 0) is 57.5 Å². The molecule has 0 saturated heterocycles. The van der Waals surface area contributed by atoms with Crippen molar-refractivity contribution in [2.45, 2.75) is 45.9 Å². The lowest BCUT2D eigenvalue weighted by molar-refractivity contribution is -0.155. The van der Waals surface area contributed by atoms with Crippen molar-refractivity contribution >= 4 is 39.9 Å². The fourth-order valence-electron chi connectivity index (χ4n) is 3.67. The molecule has 10 heteroatoms. The summed E-state index contributed by atoms with van der Waals surface area (Å²) < 4.78 is 10.8. The van der Waals surface area contributed by atoms with E-state index in [-0.39, 0.29) is 18.1 Å². The Kier molecular flexibility index (Phi) is 6.69. The molecule has 3 aromatic rings. The highest BCUT2D eigenvalue weighted by Gasteiger charge is 2.23. The molecule has 1 amide bonds. The van der Waals surface area contributed by atoms with Crippen molar-refractivity contribution in [3.8, 4) is 5.75 Å². The number of hydrogen-bond donors (Lipinski definition) is 4. The molecule has 4 rings (SSSR count). The van der Waals surface area contributed by atoms with Crippen LogP contribution in [0.2, 0.25) is 0 Å². The predicted octanol–water partition coefficient (Wildman–Crippen LogP) is 3.16. The second-order valence-electron chi connectivity index (χ2n) is 9.51. The highest BCUT2D eigenvalue weighted by molar-refractivity contribution is 5.95. The third-order valence-electron chi connectivity index (χ3n) is 5.33. The molecule has 0 fully saturated rings. The van der Waals surface area contributed by atoms with E-state index in [1.165, 1.54) is 0 Å². The van der Waals surface area contributed by atoms with E-state index in [9.17, 15) is 14.4 Å². The molecule has 2 heterocycles. The zero-order valence-electron chi connectivity index (χ0n) is 20.7. The summed E-state index contributed by atoms with van der Waals surface area (Å²) in [5.74, 6) is 0.276. The largest absolute Gasteiger partial charge is 0.482 e. The second kappa shape index (κ2) is 9.73. The summed E-state index contributed by atoms with van der Waals surface area (Å²) in [4.78, 5) is 44.2. The molecule has 0 spiro atoms. The Labute approximate surface area is 208 Å². The van der Waals surface area contributed by atoms with Crippen molar-refractivity contribution in [2.75, 3.05) is 17.2 Å². The first kappa shape index (κ1) is 24.8. The van der Waals surface area contributed by atoms with Gasteiger partial charge in [0.15, 0.2) is 12.4 Å². The summed E-state index contributed by atoms with van der Waals surface area (Å²) in [6.07, 6.45) is 0. The van der Waals surface area contributed by atoms with Gasteiger partial charge in [0.25, 0.3) is 11.5 Å². The number of fused-ring (bicyclic) bond motifs is 2. The predicted molar refractivity (Wildman–Crippen MR) is 138 cm³/mol. The van der Waals surface area contributed by atoms with Crippen LogP contribution in [0, 0.1) is 0 Å². The second-order valence-corrected chi connectivity index (χ2v) is 9.51. The lowest BCUT2D eigenvalue weighted by Crippen LogP contribution is -2.34. The number of esters is 1. The van der Waals surface area contributed by atoms with Gasteiger partial charge in [-0.2, -0.15) is 0 Å². The van der Waals surface area contributed by atoms with Crippen LogP contribution < -0.4 is 26.2 Å². The van der Waals surface area contributed by atoms with Crippen LogP contribution in [-0.4, -0.2) is 40.1 Å². The normalized spacial score (nSPS) is 13.7. The molecule has 1 aliphatic heterocycles. The lowest BCUT2D eigenvalue weighted by atomic mass is 10.1. The van der Waals surface area contributed by atoms with E-state index in [1.54, 1.807) is 52.0 Å². The van der Waals surface area contributed by atoms with E-state index in [2.05, 4.69) is 32.5 Å². The van der Waals surface area contributed by atoms with Crippen molar-refractivity contribution in [1.82, 2.24) is 15.3 Å². The fourth-order valence-corrected chi connectivity index (χ4v) is 3.67. The van der Waals surface area contributed by atoms with Crippen molar-refractivity contribution in [1.29, 1.82) is 0 Å². The average molecular weight is 492 g/mol. The van der Waals surface area contributed by atoms with Crippen LogP contribution in [0.1, 0.15) is 39.1 Å². The average Bonchev–Trinajstić information content (AvgIpc) is 2.81. The van der Waals surface area contributed by atoms with E-state index in [0.717, 1.165) is 5.56 Å². The quantitative estimate of drug-likeness (QED) is 0.370. The number of nitrogens with one attached hydrogen (secondary N) is 4. The Morgan fingerprint density at radius 1 is 1.25 bits per heavy atom. The molecule has 0 unspecified atom stereocenters. The number of aromatic amines is 1. The summed E-state index contributed by atoms with van der Waals surface area (Å²) >= 11 is 0. The Morgan fingerprint density at radius 2 is 2.03 bits per heavy atom. The Hall–Kier alpha value is -4.34. The van der Waals surface area contributed by atoms with Gasteiger partial charge < -0.3 is 30.4 Å². The smallest absolute Gasteiger partial charge is 0.328 e. The van der Waals surface area contributed by atoms with Gasteiger partial charge in [0.05, 0.1) is 22.3 Å². The molecule has 36 heavy (non-hydrogen) atoms. The molecule has 0 aliphatic carbocycles. The third-order valence-corrected chi connectivity index (χ3v) is 5.33. The third kappa shape index (κ3) is 5.65. The maximum absolute atomic E-state index is 13.0. The molecule has 188 valence electrons. The van der Waals surface area contributed by atoms with Gasteiger partial charge in [-0.3, -0.25) is 9.59 Å². The van der Waals surface area contributed by atoms with Crippen LogP contribution in [0.25, 0.3) is 16.6 Å². The zero-order chi connectivity index (χ0) is 26.0. The summed E-state index contributed by atoms with van der Waals surface area (Å²) in [6.45, 7) is 11.4. The van der Waals surface area contributed by atoms with E-state index in [4.69, 9.17) is 9.47 Å². The van der Waals surface area contributed by atoms with Gasteiger partial charge in [-0.25, -0.2) is 9.78 Å². The van der Waals surface area contributed by atoms with E-state index in [1.807, 2.05) is 12.1 Å². The number of benzene rings is 2. The number of nitrogens with zero attached hydrogens (tertiary/aromatic N) is 1. The van der Waals surface area contributed by atoms with Gasteiger partial charge in [-0.1, -0.05) is 18.7 Å². The van der Waals surface area contributed by atoms with Crippen molar-refractivity contribution in [3.05, 3.63) is 64.7 Å². The van der Waals surface area contributed by atoms with Crippen LogP contribution in [-0.2, 0) is 20.9 Å². The first-order valence-corrected chi connectivity index (χ1v) is 11.5. The van der Waals surface area contributed by atoms with Crippen LogP contribution in [0.4, 0.5) is 11.4 Å². The first-order valence-electron chi connectivity index (χ1n) is 11.5. The van der Waals surface area contributed by atoms with Gasteiger partial charge in [0.2, 0.25) is 0 Å². The van der Waals surface area contributed by atoms with Crippen LogP contribution >= 0.6 is 0 Å². The van der Waals surface area contributed by atoms with E-state index >= 15 is 0 Å². The summed E-state index contributed by atoms with van der Waals surface area (Å²) in [6, 6.07) is 9.99. The number of carbonyl (C=O) groups is 2. The lowest BCUT2D eigenvalue weighted by Gasteiger charge is -2.23. The molecule has 1 atom stereocenters. The fraction of sp³-hybridized carbons (Fsp3) is 0.308. The SMILES string of the molecule is C=C(NCc1ccc2c(c1)NC(=O)CO2)c1nc2cccc(N[C@@H](C)C(=O)OC(C)(C)C)c2c(=O)[nH]1. The van der Waals surface area contributed by atoms with Crippen molar-refractivity contribution < 1.29 is 19.1 Å². The molecule has 1 aromatic heterocycles. The molecule has 0 saturated carbocycles. The zero-order valence-corrected chi connectivity index (χ0v) is 20.7. The highest BCUT2D eigenvalue weighted by Crippen LogP contribution is 2.28. The molecule has 10 nitrogen and oxygen atoms in total. The van der Waals surface area contributed by atoms with Crippen molar-refractivity contribution in [2.24, 2.45) is 0 Å². The van der Waals surface area contributed by atoms with Gasteiger partial charge in [0.1, 0.15) is 17.4 Å². The number of amides is 1. The Morgan fingerprint density at radius 3 is 2.78 bits per heavy atom. The molecule has 0 radical (unpaired) electrons. The minimum Gasteiger partial charge on any atom is -0.482 e. The highest BCUT2D eigenvalue weighted by atomic mass is 16.6. The minimum atomic E-state index is -0.669. The summed E-state index contributed by atoms with van der Waals surface area (Å²) in [5.41, 5.74) is 1.85. The number of ether oxygens (including phenoxy) is 2. The van der Waals surface area contributed by atoms with E-state index < -0.39 is 17.6 Å². The number of rotatable bonds is 7. The van der Waals surface area contributed by atoms with Crippen molar-refractivity contribution in [3.63, 3.8) is 0 Å². The molecular weight excluding hydrogens is 462 g/mol. The molecule has 0 bridgehead atoms. The van der Waals surface area contributed by atoms with Gasteiger partial charge in [-0.15, -0.1) is 0 Å². The number of hydrogen-bond acceptors (Lipinski definition) is 8. The topological polar surface area (TPSA) is 134 Å². The molecule has 4 N–H and O–H groups in total. The number of H-pyrrole nitrogens is 1. The molecule has 1 aliphatic rings. The van der Waals surface area contributed by atoms with Crippen LogP contribution in [0.15, 0.2) is 47.8 Å². The van der Waals surface area contributed by atoms with E-state index in [0.29, 0.717) is 46.1 Å². The molecule has 2 aromatic carbocycles. The monoisotopic (exact) mass is 491 g/mol. The van der Waals surface area contributed by atoms with Gasteiger partial charge in [0, 0.05) is 12.2 Å². The minimum absolute atomic E-state index is 0.000448. The first-order chi connectivity index (χ1) is 17.0.